The molecule has 1 aromatic rings. The molecule has 0 aromatic carbocycles. The standard InChI is InChI=1S/C17H26N2O4S2/c1-2-21-17-22-12-14(13-23-17)19-15(20)8-4-3-7-11-24-25-16-9-5-6-10-18-16/h5-6,9-10,14,17H,2-4,7-8,11-13H2,1H3,(H,19,20). The van der Waals surface area contributed by atoms with Gasteiger partial charge in [0.25, 0.3) is 6.48 Å². The molecule has 1 fully saturated rings. The number of rotatable bonds is 11. The van der Waals surface area contributed by atoms with E-state index in [1.165, 1.54) is 0 Å². The fourth-order valence-corrected chi connectivity index (χ4v) is 4.25. The van der Waals surface area contributed by atoms with Crippen molar-refractivity contribution in [2.24, 2.45) is 0 Å². The van der Waals surface area contributed by atoms with Gasteiger partial charge >= 0.3 is 0 Å². The summed E-state index contributed by atoms with van der Waals surface area (Å²) in [5.41, 5.74) is 0. The molecular formula is C17H26N2O4S2. The van der Waals surface area contributed by atoms with Crippen molar-refractivity contribution in [2.45, 2.75) is 50.2 Å². The second kappa shape index (κ2) is 12.5. The van der Waals surface area contributed by atoms with Crippen LogP contribution in [0.2, 0.25) is 0 Å². The molecule has 25 heavy (non-hydrogen) atoms. The summed E-state index contributed by atoms with van der Waals surface area (Å²) in [6.07, 6.45) is 5.40. The van der Waals surface area contributed by atoms with Crippen molar-refractivity contribution >= 4 is 27.5 Å². The van der Waals surface area contributed by atoms with E-state index in [-0.39, 0.29) is 11.9 Å². The number of nitrogens with one attached hydrogen (secondary N) is 1. The lowest BCUT2D eigenvalue weighted by atomic mass is 10.2. The maximum absolute atomic E-state index is 11.9. The van der Waals surface area contributed by atoms with Crippen molar-refractivity contribution in [3.05, 3.63) is 24.4 Å². The predicted molar refractivity (Wildman–Crippen MR) is 100 cm³/mol. The molecule has 0 aliphatic carbocycles. The quantitative estimate of drug-likeness (QED) is 0.462. The lowest BCUT2D eigenvalue weighted by molar-refractivity contribution is -0.313. The Morgan fingerprint density at radius 3 is 2.88 bits per heavy atom. The number of amides is 1. The molecule has 140 valence electrons. The number of hydrogen-bond donors (Lipinski definition) is 1. The summed E-state index contributed by atoms with van der Waals surface area (Å²) in [5.74, 6) is 1.12. The van der Waals surface area contributed by atoms with Crippen molar-refractivity contribution in [3.63, 3.8) is 0 Å². The Balaban J connectivity index is 1.43. The molecule has 0 unspecified atom stereocenters. The fourth-order valence-electron chi connectivity index (χ4n) is 2.22. The molecule has 1 aliphatic rings. The molecule has 6 nitrogen and oxygen atoms in total. The highest BCUT2D eigenvalue weighted by molar-refractivity contribution is 8.76. The zero-order valence-corrected chi connectivity index (χ0v) is 16.2. The van der Waals surface area contributed by atoms with Crippen LogP contribution in [0.1, 0.15) is 32.6 Å². The normalized spacial score (nSPS) is 20.4. The molecule has 0 bridgehead atoms. The van der Waals surface area contributed by atoms with Gasteiger partial charge in [0.1, 0.15) is 5.03 Å². The molecule has 2 rings (SSSR count). The van der Waals surface area contributed by atoms with Crippen molar-refractivity contribution in [1.82, 2.24) is 10.3 Å². The predicted octanol–water partition coefficient (Wildman–Crippen LogP) is 3.23. The molecule has 1 aromatic heterocycles. The second-order valence-electron chi connectivity index (χ2n) is 5.56. The summed E-state index contributed by atoms with van der Waals surface area (Å²) in [7, 11) is 3.51. The van der Waals surface area contributed by atoms with E-state index in [1.807, 2.05) is 25.1 Å². The smallest absolute Gasteiger partial charge is 0.271 e. The lowest BCUT2D eigenvalue weighted by Crippen LogP contribution is -2.47. The van der Waals surface area contributed by atoms with Crippen LogP contribution < -0.4 is 5.32 Å². The molecule has 1 N–H and O–H groups in total. The van der Waals surface area contributed by atoms with Crippen LogP contribution in [-0.2, 0) is 19.0 Å². The zero-order chi connectivity index (χ0) is 17.7. The molecule has 0 radical (unpaired) electrons. The van der Waals surface area contributed by atoms with Gasteiger partial charge in [0.15, 0.2) is 0 Å². The van der Waals surface area contributed by atoms with Gasteiger partial charge in [0, 0.05) is 25.0 Å². The zero-order valence-electron chi connectivity index (χ0n) is 14.5. The van der Waals surface area contributed by atoms with E-state index < -0.39 is 6.48 Å². The third-order valence-electron chi connectivity index (χ3n) is 3.45. The average molecular weight is 387 g/mol. The third-order valence-corrected chi connectivity index (χ3v) is 5.80. The maximum atomic E-state index is 11.9. The summed E-state index contributed by atoms with van der Waals surface area (Å²) in [6, 6.07) is 5.84. The molecule has 0 atom stereocenters. The Kier molecular flexibility index (Phi) is 10.3. The van der Waals surface area contributed by atoms with Gasteiger partial charge in [0.05, 0.1) is 19.3 Å². The Bertz CT molecular complexity index is 485. The molecule has 2 heterocycles. The number of aromatic nitrogens is 1. The monoisotopic (exact) mass is 386 g/mol. The van der Waals surface area contributed by atoms with Crippen LogP contribution in [0.5, 0.6) is 0 Å². The molecule has 1 amide bonds. The lowest BCUT2D eigenvalue weighted by Gasteiger charge is -2.29. The summed E-state index contributed by atoms with van der Waals surface area (Å²) in [5, 5.41) is 3.98. The average Bonchev–Trinajstić information content (AvgIpc) is 2.64. The number of nitrogens with zero attached hydrogens (tertiary/aromatic N) is 1. The van der Waals surface area contributed by atoms with Crippen molar-refractivity contribution in [1.29, 1.82) is 0 Å². The highest BCUT2D eigenvalue weighted by Crippen LogP contribution is 2.29. The molecule has 0 spiro atoms. The molecule has 1 saturated heterocycles. The van der Waals surface area contributed by atoms with Gasteiger partial charge in [0.2, 0.25) is 5.91 Å². The largest absolute Gasteiger partial charge is 0.349 e. The first kappa shape index (κ1) is 20.5. The molecule has 1 aliphatic heterocycles. The van der Waals surface area contributed by atoms with Crippen LogP contribution >= 0.6 is 21.6 Å². The summed E-state index contributed by atoms with van der Waals surface area (Å²) in [6.45, 7) is 2.69. The number of pyridine rings is 1. The van der Waals surface area contributed by atoms with Crippen molar-refractivity contribution in [3.8, 4) is 0 Å². The van der Waals surface area contributed by atoms with Crippen LogP contribution in [0.25, 0.3) is 0 Å². The van der Waals surface area contributed by atoms with E-state index in [0.29, 0.717) is 26.2 Å². The van der Waals surface area contributed by atoms with E-state index in [1.54, 1.807) is 27.8 Å². The minimum Gasteiger partial charge on any atom is -0.349 e. The summed E-state index contributed by atoms with van der Waals surface area (Å²) < 4.78 is 15.9. The highest BCUT2D eigenvalue weighted by Gasteiger charge is 2.23. The van der Waals surface area contributed by atoms with Gasteiger partial charge in [-0.2, -0.15) is 0 Å². The first-order valence-electron chi connectivity index (χ1n) is 8.62. The van der Waals surface area contributed by atoms with E-state index >= 15 is 0 Å². The van der Waals surface area contributed by atoms with Crippen LogP contribution in [0.3, 0.4) is 0 Å². The number of carbonyl (C=O) groups excluding carboxylic acids is 1. The Hall–Kier alpha value is -0.800. The summed E-state index contributed by atoms with van der Waals surface area (Å²) in [4.78, 5) is 16.2. The van der Waals surface area contributed by atoms with Gasteiger partial charge in [-0.25, -0.2) is 4.98 Å². The second-order valence-corrected chi connectivity index (χ2v) is 8.00. The number of ether oxygens (including phenoxy) is 3. The number of hydrogen-bond acceptors (Lipinski definition) is 7. The number of carbonyl (C=O) groups is 1. The van der Waals surface area contributed by atoms with Gasteiger partial charge < -0.3 is 19.5 Å². The first-order valence-corrected chi connectivity index (χ1v) is 10.9. The van der Waals surface area contributed by atoms with Gasteiger partial charge in [-0.05, 0) is 42.7 Å². The Morgan fingerprint density at radius 2 is 2.16 bits per heavy atom. The van der Waals surface area contributed by atoms with Gasteiger partial charge in [-0.1, -0.05) is 23.3 Å². The first-order chi connectivity index (χ1) is 12.3. The topological polar surface area (TPSA) is 69.7 Å². The maximum Gasteiger partial charge on any atom is 0.271 e. The fraction of sp³-hybridized carbons (Fsp3) is 0.647. The van der Waals surface area contributed by atoms with Gasteiger partial charge in [-0.15, -0.1) is 0 Å². The molecule has 0 saturated carbocycles. The molecular weight excluding hydrogens is 360 g/mol. The SMILES string of the molecule is CCOC1OCC(NC(=O)CCCCCSSc2ccccn2)CO1. The van der Waals surface area contributed by atoms with E-state index in [2.05, 4.69) is 10.3 Å². The summed E-state index contributed by atoms with van der Waals surface area (Å²) >= 11 is 0. The Morgan fingerprint density at radius 1 is 1.32 bits per heavy atom. The van der Waals surface area contributed by atoms with Crippen LogP contribution in [-0.4, -0.2) is 49.0 Å². The van der Waals surface area contributed by atoms with Crippen LogP contribution in [0.4, 0.5) is 0 Å². The van der Waals surface area contributed by atoms with Crippen molar-refractivity contribution in [2.75, 3.05) is 25.6 Å². The minimum atomic E-state index is -0.598. The minimum absolute atomic E-state index is 0.0579. The van der Waals surface area contributed by atoms with E-state index in [9.17, 15) is 4.79 Å². The van der Waals surface area contributed by atoms with E-state index in [4.69, 9.17) is 14.2 Å². The number of unbranched alkanes of at least 4 members (excludes halogenated alkanes) is 2. The van der Waals surface area contributed by atoms with E-state index in [0.717, 1.165) is 30.0 Å². The molecule has 8 heteroatoms. The van der Waals surface area contributed by atoms with Gasteiger partial charge in [-0.3, -0.25) is 4.79 Å². The Labute approximate surface area is 157 Å². The van der Waals surface area contributed by atoms with Crippen LogP contribution in [0, 0.1) is 0 Å². The van der Waals surface area contributed by atoms with Crippen molar-refractivity contribution < 1.29 is 19.0 Å². The van der Waals surface area contributed by atoms with Crippen LogP contribution in [0.15, 0.2) is 29.4 Å². The third kappa shape index (κ3) is 8.91. The highest BCUT2D eigenvalue weighted by atomic mass is 33.1.